The molecule has 2 aromatic rings. The smallest absolute Gasteiger partial charge is 0.132 e. The number of anilines is 2. The molecule has 3 rings (SSSR count). The molecule has 0 unspecified atom stereocenters. The Morgan fingerprint density at radius 3 is 2.65 bits per heavy atom. The summed E-state index contributed by atoms with van der Waals surface area (Å²) >= 11 is 0. The Bertz CT molecular complexity index is 895. The highest BCUT2D eigenvalue weighted by Crippen LogP contribution is 2.25. The first kappa shape index (κ1) is 17.8. The fraction of sp³-hybridized carbons (Fsp3) is 0.263. The van der Waals surface area contributed by atoms with Gasteiger partial charge in [-0.05, 0) is 31.5 Å². The molecule has 1 fully saturated rings. The normalized spacial score (nSPS) is 14.9. The van der Waals surface area contributed by atoms with Gasteiger partial charge in [0, 0.05) is 36.5 Å². The van der Waals surface area contributed by atoms with Crippen LogP contribution in [0, 0.1) is 17.7 Å². The molecular formula is C19H23N7. The quantitative estimate of drug-likeness (QED) is 0.614. The van der Waals surface area contributed by atoms with Crippen molar-refractivity contribution in [3.63, 3.8) is 0 Å². The minimum atomic E-state index is 0.179. The largest absolute Gasteiger partial charge is 0.397 e. The zero-order chi connectivity index (χ0) is 18.8. The first-order valence-corrected chi connectivity index (χ1v) is 8.44. The molecule has 134 valence electrons. The molecule has 6 N–H and O–H groups in total. The number of aryl methyl sites for hydroxylation is 1. The molecule has 7 heteroatoms. The third kappa shape index (κ3) is 3.21. The maximum Gasteiger partial charge on any atom is 0.132 e. The summed E-state index contributed by atoms with van der Waals surface area (Å²) in [6.45, 7) is 5.39. The van der Waals surface area contributed by atoms with E-state index in [1.54, 1.807) is 12.1 Å². The average Bonchev–Trinajstić information content (AvgIpc) is 2.61. The Morgan fingerprint density at radius 2 is 2.04 bits per heavy atom. The lowest BCUT2D eigenvalue weighted by molar-refractivity contribution is 0.513. The van der Waals surface area contributed by atoms with Crippen molar-refractivity contribution >= 4 is 29.0 Å². The van der Waals surface area contributed by atoms with Crippen LogP contribution >= 0.6 is 0 Å². The van der Waals surface area contributed by atoms with E-state index in [4.69, 9.17) is 22.3 Å². The van der Waals surface area contributed by atoms with Crippen LogP contribution in [0.15, 0.2) is 30.5 Å². The number of hydrogen-bond acceptors (Lipinski definition) is 7. The summed E-state index contributed by atoms with van der Waals surface area (Å²) in [7, 11) is 0. The molecule has 3 heterocycles. The summed E-state index contributed by atoms with van der Waals surface area (Å²) in [6.07, 6.45) is 4.56. The Labute approximate surface area is 152 Å². The van der Waals surface area contributed by atoms with E-state index in [9.17, 15) is 0 Å². The van der Waals surface area contributed by atoms with Gasteiger partial charge in [-0.15, -0.1) is 0 Å². The van der Waals surface area contributed by atoms with Crippen LogP contribution in [0.2, 0.25) is 0 Å². The predicted octanol–water partition coefficient (Wildman–Crippen LogP) is 1.98. The van der Waals surface area contributed by atoms with E-state index < -0.39 is 0 Å². The van der Waals surface area contributed by atoms with Gasteiger partial charge >= 0.3 is 0 Å². The van der Waals surface area contributed by atoms with Gasteiger partial charge in [0.1, 0.15) is 5.82 Å². The maximum atomic E-state index is 8.60. The van der Waals surface area contributed by atoms with Gasteiger partial charge in [-0.1, -0.05) is 12.1 Å². The highest BCUT2D eigenvalue weighted by molar-refractivity contribution is 6.14. The number of nitrogens with two attached hydrogens (primary N) is 2. The van der Waals surface area contributed by atoms with Gasteiger partial charge < -0.3 is 21.8 Å². The molecule has 0 aromatic carbocycles. The predicted molar refractivity (Wildman–Crippen MR) is 106 cm³/mol. The van der Waals surface area contributed by atoms with E-state index >= 15 is 0 Å². The van der Waals surface area contributed by atoms with Crippen LogP contribution in [-0.2, 0) is 0 Å². The molecule has 0 amide bonds. The Balaban J connectivity index is 1.98. The molecule has 0 saturated carbocycles. The highest BCUT2D eigenvalue weighted by Gasteiger charge is 2.26. The van der Waals surface area contributed by atoms with Crippen molar-refractivity contribution in [1.29, 1.82) is 10.8 Å². The number of allylic oxidation sites excluding steroid dienone is 2. The van der Waals surface area contributed by atoms with Crippen molar-refractivity contribution in [2.75, 3.05) is 23.7 Å². The van der Waals surface area contributed by atoms with E-state index in [0.29, 0.717) is 28.2 Å². The number of nitrogen functional groups attached to an aromatic ring is 1. The van der Waals surface area contributed by atoms with Crippen molar-refractivity contribution in [3.8, 4) is 0 Å². The second-order valence-corrected chi connectivity index (χ2v) is 6.42. The number of nitrogens with one attached hydrogen (secondary N) is 2. The van der Waals surface area contributed by atoms with Gasteiger partial charge in [0.2, 0.25) is 0 Å². The summed E-state index contributed by atoms with van der Waals surface area (Å²) in [6, 6.07) is 5.70. The fourth-order valence-corrected chi connectivity index (χ4v) is 2.95. The SMILES string of the molecule is CC=C(C=N)c1cc(C(=N)c2ccc(C)c(N3CC(N)C3)n2)c(N)cn1. The third-order valence-electron chi connectivity index (χ3n) is 4.50. The number of rotatable bonds is 5. The van der Waals surface area contributed by atoms with Crippen molar-refractivity contribution in [2.45, 2.75) is 19.9 Å². The summed E-state index contributed by atoms with van der Waals surface area (Å²) in [5, 5.41) is 16.1. The first-order chi connectivity index (χ1) is 12.4. The van der Waals surface area contributed by atoms with Crippen molar-refractivity contribution in [1.82, 2.24) is 9.97 Å². The molecular weight excluding hydrogens is 326 g/mol. The minimum absolute atomic E-state index is 0.179. The topological polar surface area (TPSA) is 129 Å². The zero-order valence-electron chi connectivity index (χ0n) is 15.0. The molecule has 0 radical (unpaired) electrons. The number of pyridine rings is 2. The molecule has 7 nitrogen and oxygen atoms in total. The van der Waals surface area contributed by atoms with Gasteiger partial charge in [0.15, 0.2) is 0 Å². The van der Waals surface area contributed by atoms with Crippen molar-refractivity contribution < 1.29 is 0 Å². The van der Waals surface area contributed by atoms with Gasteiger partial charge in [0.25, 0.3) is 0 Å². The maximum absolute atomic E-state index is 8.60. The Kier molecular flexibility index (Phi) is 4.81. The summed E-state index contributed by atoms with van der Waals surface area (Å²) in [4.78, 5) is 11.1. The minimum Gasteiger partial charge on any atom is -0.397 e. The van der Waals surface area contributed by atoms with Crippen molar-refractivity contribution in [3.05, 3.63) is 53.0 Å². The molecule has 0 spiro atoms. The standard InChI is InChI=1S/C19H23N7/c1-3-12(7-20)17-6-14(15(22)8-24-17)18(23)16-5-4-11(2)19(25-16)26-9-13(21)10-26/h3-8,13,20,23H,9-10,21-22H2,1-2H3. The molecule has 0 aliphatic carbocycles. The van der Waals surface area contributed by atoms with Crippen LogP contribution in [0.4, 0.5) is 11.5 Å². The van der Waals surface area contributed by atoms with Crippen LogP contribution < -0.4 is 16.4 Å². The van der Waals surface area contributed by atoms with Crippen molar-refractivity contribution in [2.24, 2.45) is 5.73 Å². The van der Waals surface area contributed by atoms with E-state index in [1.165, 1.54) is 12.4 Å². The third-order valence-corrected chi connectivity index (χ3v) is 4.50. The van der Waals surface area contributed by atoms with Gasteiger partial charge in [0.05, 0.1) is 29.0 Å². The first-order valence-electron chi connectivity index (χ1n) is 8.44. The summed E-state index contributed by atoms with van der Waals surface area (Å²) in [5.74, 6) is 0.857. The van der Waals surface area contributed by atoms with Crippen LogP contribution in [-0.4, -0.2) is 41.0 Å². The second-order valence-electron chi connectivity index (χ2n) is 6.42. The molecule has 2 aromatic heterocycles. The zero-order valence-corrected chi connectivity index (χ0v) is 15.0. The van der Waals surface area contributed by atoms with Crippen LogP contribution in [0.25, 0.3) is 5.57 Å². The summed E-state index contributed by atoms with van der Waals surface area (Å²) < 4.78 is 0. The lowest BCUT2D eigenvalue weighted by Crippen LogP contribution is -2.56. The van der Waals surface area contributed by atoms with Crippen LogP contribution in [0.3, 0.4) is 0 Å². The Morgan fingerprint density at radius 1 is 1.31 bits per heavy atom. The Hall–Kier alpha value is -3.06. The number of nitrogens with zero attached hydrogens (tertiary/aromatic N) is 3. The number of hydrogen-bond donors (Lipinski definition) is 4. The molecule has 0 atom stereocenters. The van der Waals surface area contributed by atoms with Gasteiger partial charge in [-0.2, -0.15) is 0 Å². The average molecular weight is 349 g/mol. The van der Waals surface area contributed by atoms with Gasteiger partial charge in [-0.3, -0.25) is 10.4 Å². The molecule has 0 bridgehead atoms. The fourth-order valence-electron chi connectivity index (χ4n) is 2.95. The highest BCUT2D eigenvalue weighted by atomic mass is 15.3. The monoisotopic (exact) mass is 349 g/mol. The van der Waals surface area contributed by atoms with E-state index in [0.717, 1.165) is 24.5 Å². The second kappa shape index (κ2) is 7.05. The van der Waals surface area contributed by atoms with Gasteiger partial charge in [-0.25, -0.2) is 4.98 Å². The molecule has 1 aliphatic rings. The molecule has 26 heavy (non-hydrogen) atoms. The lowest BCUT2D eigenvalue weighted by Gasteiger charge is -2.38. The van der Waals surface area contributed by atoms with E-state index in [1.807, 2.05) is 26.0 Å². The lowest BCUT2D eigenvalue weighted by atomic mass is 10.0. The van der Waals surface area contributed by atoms with Crippen LogP contribution in [0.5, 0.6) is 0 Å². The van der Waals surface area contributed by atoms with E-state index in [2.05, 4.69) is 14.9 Å². The number of aromatic nitrogens is 2. The van der Waals surface area contributed by atoms with Crippen LogP contribution in [0.1, 0.15) is 29.4 Å². The summed E-state index contributed by atoms with van der Waals surface area (Å²) in [5.41, 5.74) is 16.0. The molecule has 1 saturated heterocycles. The molecule has 1 aliphatic heterocycles. The van der Waals surface area contributed by atoms with E-state index in [-0.39, 0.29) is 11.8 Å².